The van der Waals surface area contributed by atoms with Gasteiger partial charge in [0.15, 0.2) is 0 Å². The highest BCUT2D eigenvalue weighted by Gasteiger charge is 2.18. The van der Waals surface area contributed by atoms with E-state index in [9.17, 15) is 4.79 Å². The summed E-state index contributed by atoms with van der Waals surface area (Å²) in [6, 6.07) is 18.5. The van der Waals surface area contributed by atoms with Gasteiger partial charge in [-0.2, -0.15) is 0 Å². The number of nitrogens with one attached hydrogen (secondary N) is 1. The van der Waals surface area contributed by atoms with E-state index in [1.807, 2.05) is 32.3 Å². The average Bonchev–Trinajstić information content (AvgIpc) is 3.11. The number of hydrogen-bond donors (Lipinski definition) is 1. The van der Waals surface area contributed by atoms with Gasteiger partial charge in [0.2, 0.25) is 5.91 Å². The second kappa shape index (κ2) is 10.4. The van der Waals surface area contributed by atoms with Gasteiger partial charge in [0.25, 0.3) is 0 Å². The van der Waals surface area contributed by atoms with Crippen LogP contribution in [0.1, 0.15) is 10.4 Å². The van der Waals surface area contributed by atoms with Crippen LogP contribution in [0.15, 0.2) is 54.6 Å². The fourth-order valence-electron chi connectivity index (χ4n) is 2.79. The van der Waals surface area contributed by atoms with Gasteiger partial charge in [-0.15, -0.1) is 23.7 Å². The third-order valence-electron chi connectivity index (χ3n) is 4.48. The van der Waals surface area contributed by atoms with Crippen LogP contribution in [0.5, 0.6) is 0 Å². The summed E-state index contributed by atoms with van der Waals surface area (Å²) in [4.78, 5) is 20.4. The number of amides is 1. The SMILES string of the molecule is CNCCN(C)C(=O)Cc1sc(-c2ccccc2)nc1-c1ccc(C)cc1.Cl. The topological polar surface area (TPSA) is 45.2 Å². The average molecular weight is 416 g/mol. The molecule has 28 heavy (non-hydrogen) atoms. The highest BCUT2D eigenvalue weighted by Crippen LogP contribution is 2.34. The van der Waals surface area contributed by atoms with Crippen molar-refractivity contribution < 1.29 is 4.79 Å². The Morgan fingerprint density at radius 3 is 2.39 bits per heavy atom. The van der Waals surface area contributed by atoms with E-state index >= 15 is 0 Å². The molecule has 1 aromatic heterocycles. The molecule has 1 heterocycles. The molecule has 0 aliphatic carbocycles. The molecule has 0 atom stereocenters. The lowest BCUT2D eigenvalue weighted by Gasteiger charge is -2.16. The predicted molar refractivity (Wildman–Crippen MR) is 120 cm³/mol. The Morgan fingerprint density at radius 1 is 1.07 bits per heavy atom. The summed E-state index contributed by atoms with van der Waals surface area (Å²) < 4.78 is 0. The van der Waals surface area contributed by atoms with Gasteiger partial charge in [0.05, 0.1) is 12.1 Å². The van der Waals surface area contributed by atoms with E-state index in [2.05, 4.69) is 48.6 Å². The maximum Gasteiger partial charge on any atom is 0.227 e. The highest BCUT2D eigenvalue weighted by molar-refractivity contribution is 7.15. The standard InChI is InChI=1S/C22H25N3OS.ClH/c1-16-9-11-17(12-10-16)21-19(15-20(26)25(3)14-13-23-2)27-22(24-21)18-7-5-4-6-8-18;/h4-12,23H,13-15H2,1-3H3;1H. The third kappa shape index (κ3) is 5.41. The summed E-state index contributed by atoms with van der Waals surface area (Å²) >= 11 is 1.61. The molecular weight excluding hydrogens is 390 g/mol. The minimum absolute atomic E-state index is 0. The second-order valence-corrected chi connectivity index (χ2v) is 7.70. The van der Waals surface area contributed by atoms with E-state index < -0.39 is 0 Å². The van der Waals surface area contributed by atoms with Crippen LogP contribution >= 0.6 is 23.7 Å². The smallest absolute Gasteiger partial charge is 0.227 e. The lowest BCUT2D eigenvalue weighted by atomic mass is 10.1. The number of benzene rings is 2. The molecule has 0 fully saturated rings. The van der Waals surface area contributed by atoms with Gasteiger partial charge in [-0.25, -0.2) is 4.98 Å². The molecule has 0 saturated carbocycles. The number of rotatable bonds is 7. The number of hydrogen-bond acceptors (Lipinski definition) is 4. The van der Waals surface area contributed by atoms with Crippen molar-refractivity contribution in [1.29, 1.82) is 0 Å². The summed E-state index contributed by atoms with van der Waals surface area (Å²) in [7, 11) is 3.74. The summed E-state index contributed by atoms with van der Waals surface area (Å²) in [5.41, 5.74) is 4.26. The van der Waals surface area contributed by atoms with Crippen LogP contribution in [0.4, 0.5) is 0 Å². The minimum atomic E-state index is 0. The van der Waals surface area contributed by atoms with Gasteiger partial charge in [0, 0.05) is 36.1 Å². The van der Waals surface area contributed by atoms with Gasteiger partial charge < -0.3 is 10.2 Å². The summed E-state index contributed by atoms with van der Waals surface area (Å²) in [5, 5.41) is 4.03. The van der Waals surface area contributed by atoms with Gasteiger partial charge >= 0.3 is 0 Å². The van der Waals surface area contributed by atoms with E-state index in [1.165, 1.54) is 5.56 Å². The molecule has 0 radical (unpaired) electrons. The quantitative estimate of drug-likeness (QED) is 0.621. The predicted octanol–water partition coefficient (Wildman–Crippen LogP) is 4.43. The lowest BCUT2D eigenvalue weighted by molar-refractivity contribution is -0.129. The van der Waals surface area contributed by atoms with E-state index in [-0.39, 0.29) is 18.3 Å². The Bertz CT molecular complexity index is 894. The number of carbonyl (C=O) groups is 1. The van der Waals surface area contributed by atoms with Crippen LogP contribution in [0, 0.1) is 6.92 Å². The van der Waals surface area contributed by atoms with Gasteiger partial charge in [-0.05, 0) is 14.0 Å². The van der Waals surface area contributed by atoms with Crippen LogP contribution in [0.3, 0.4) is 0 Å². The van der Waals surface area contributed by atoms with Crippen LogP contribution in [0.2, 0.25) is 0 Å². The molecule has 148 valence electrons. The van der Waals surface area contributed by atoms with Gasteiger partial charge in [-0.3, -0.25) is 4.79 Å². The van der Waals surface area contributed by atoms with Crippen molar-refractivity contribution in [2.45, 2.75) is 13.3 Å². The molecular formula is C22H26ClN3OS. The molecule has 1 N–H and O–H groups in total. The monoisotopic (exact) mass is 415 g/mol. The second-order valence-electron chi connectivity index (χ2n) is 6.62. The molecule has 0 saturated heterocycles. The van der Waals surface area contributed by atoms with Crippen molar-refractivity contribution >= 4 is 29.7 Å². The zero-order valence-electron chi connectivity index (χ0n) is 16.4. The maximum atomic E-state index is 12.7. The molecule has 0 bridgehead atoms. The molecule has 0 aliphatic rings. The largest absolute Gasteiger partial charge is 0.344 e. The lowest BCUT2D eigenvalue weighted by Crippen LogP contribution is -2.33. The van der Waals surface area contributed by atoms with Crippen molar-refractivity contribution in [2.24, 2.45) is 0 Å². The van der Waals surface area contributed by atoms with Crippen LogP contribution in [0.25, 0.3) is 21.8 Å². The zero-order chi connectivity index (χ0) is 19.2. The highest BCUT2D eigenvalue weighted by atomic mass is 35.5. The molecule has 6 heteroatoms. The van der Waals surface area contributed by atoms with Crippen molar-refractivity contribution in [3.05, 3.63) is 65.0 Å². The summed E-state index contributed by atoms with van der Waals surface area (Å²) in [5.74, 6) is 0.113. The molecule has 0 spiro atoms. The van der Waals surface area contributed by atoms with Gasteiger partial charge in [-0.1, -0.05) is 60.2 Å². The van der Waals surface area contributed by atoms with E-state index in [0.717, 1.165) is 33.3 Å². The Kier molecular flexibility index (Phi) is 8.18. The fourth-order valence-corrected chi connectivity index (χ4v) is 3.87. The summed E-state index contributed by atoms with van der Waals surface area (Å²) in [6.45, 7) is 3.55. The molecule has 2 aromatic carbocycles. The van der Waals surface area contributed by atoms with Crippen molar-refractivity contribution in [2.75, 3.05) is 27.2 Å². The Morgan fingerprint density at radius 2 is 1.75 bits per heavy atom. The van der Waals surface area contributed by atoms with Crippen LogP contribution in [-0.2, 0) is 11.2 Å². The maximum absolute atomic E-state index is 12.7. The normalized spacial score (nSPS) is 10.4. The summed E-state index contributed by atoms with van der Waals surface area (Å²) in [6.07, 6.45) is 0.369. The number of halogens is 1. The first kappa shape index (κ1) is 22.1. The van der Waals surface area contributed by atoms with Crippen molar-refractivity contribution in [3.63, 3.8) is 0 Å². The number of likely N-dealkylation sites (N-methyl/N-ethyl adjacent to an activating group) is 2. The molecule has 3 rings (SSSR count). The van der Waals surface area contributed by atoms with Gasteiger partial charge in [0.1, 0.15) is 5.01 Å². The Balaban J connectivity index is 0.00000280. The molecule has 4 nitrogen and oxygen atoms in total. The Hall–Kier alpha value is -2.21. The fraction of sp³-hybridized carbons (Fsp3) is 0.273. The van der Waals surface area contributed by atoms with E-state index in [0.29, 0.717) is 13.0 Å². The first-order valence-corrected chi connectivity index (χ1v) is 9.91. The van der Waals surface area contributed by atoms with Crippen LogP contribution < -0.4 is 5.32 Å². The zero-order valence-corrected chi connectivity index (χ0v) is 18.1. The van der Waals surface area contributed by atoms with E-state index in [4.69, 9.17) is 4.98 Å². The Labute approximate surface area is 177 Å². The number of aryl methyl sites for hydroxylation is 1. The molecule has 1 amide bonds. The number of nitrogens with zero attached hydrogens (tertiary/aromatic N) is 2. The molecule has 3 aromatic rings. The van der Waals surface area contributed by atoms with Crippen LogP contribution in [-0.4, -0.2) is 43.0 Å². The molecule has 0 aliphatic heterocycles. The first-order chi connectivity index (χ1) is 13.1. The number of aromatic nitrogens is 1. The van der Waals surface area contributed by atoms with Crippen molar-refractivity contribution in [3.8, 4) is 21.8 Å². The third-order valence-corrected chi connectivity index (χ3v) is 5.58. The van der Waals surface area contributed by atoms with Crippen molar-refractivity contribution in [1.82, 2.24) is 15.2 Å². The number of thiazole rings is 1. The minimum Gasteiger partial charge on any atom is -0.344 e. The first-order valence-electron chi connectivity index (χ1n) is 9.09. The van der Waals surface area contributed by atoms with E-state index in [1.54, 1.807) is 16.2 Å². The molecule has 0 unspecified atom stereocenters. The number of carbonyl (C=O) groups excluding carboxylic acids is 1.